The highest BCUT2D eigenvalue weighted by molar-refractivity contribution is 6.05. The summed E-state index contributed by atoms with van der Waals surface area (Å²) in [5, 5.41) is 16.7. The summed E-state index contributed by atoms with van der Waals surface area (Å²) >= 11 is 0. The smallest absolute Gasteiger partial charge is 0.341 e. The van der Waals surface area contributed by atoms with Gasteiger partial charge in [-0.15, -0.1) is 0 Å². The molecule has 1 unspecified atom stereocenters. The van der Waals surface area contributed by atoms with E-state index in [9.17, 15) is 28.8 Å². The van der Waals surface area contributed by atoms with Gasteiger partial charge in [0.1, 0.15) is 0 Å². The largest absolute Gasteiger partial charge is 0.478 e. The molecule has 0 bridgehead atoms. The lowest BCUT2D eigenvalue weighted by atomic mass is 10.1. The molecule has 1 rings (SSSR count). The second-order valence-electron chi connectivity index (χ2n) is 5.45. The van der Waals surface area contributed by atoms with Crippen LogP contribution in [0.25, 0.3) is 0 Å². The fourth-order valence-corrected chi connectivity index (χ4v) is 1.67. The van der Waals surface area contributed by atoms with E-state index in [-0.39, 0.29) is 23.5 Å². The zero-order valence-electron chi connectivity index (χ0n) is 15.5. The SMILES string of the molecule is C/C(=C/C(=O)O)C(=O)OC(=O)/C(C)=C\C(=O)O.CC/C=C/C1CC(=O)OC1=O. The predicted octanol–water partition coefficient (Wildman–Crippen LogP) is 1.16. The Labute approximate surface area is 160 Å². The summed E-state index contributed by atoms with van der Waals surface area (Å²) in [4.78, 5) is 64.0. The first-order chi connectivity index (χ1) is 13.0. The first-order valence-electron chi connectivity index (χ1n) is 7.98. The van der Waals surface area contributed by atoms with Crippen molar-refractivity contribution in [3.63, 3.8) is 0 Å². The van der Waals surface area contributed by atoms with E-state index in [2.05, 4.69) is 9.47 Å². The number of hydrogen-bond acceptors (Lipinski definition) is 8. The maximum Gasteiger partial charge on any atom is 0.341 e. The van der Waals surface area contributed by atoms with Gasteiger partial charge in [0.2, 0.25) is 0 Å². The molecule has 1 atom stereocenters. The Morgan fingerprint density at radius 1 is 1.04 bits per heavy atom. The number of carbonyl (C=O) groups excluding carboxylic acids is 4. The summed E-state index contributed by atoms with van der Waals surface area (Å²) in [5.74, 6) is -6.16. The number of aliphatic carboxylic acids is 2. The average molecular weight is 396 g/mol. The summed E-state index contributed by atoms with van der Waals surface area (Å²) in [5.41, 5.74) is -0.567. The molecular weight excluding hydrogens is 376 g/mol. The van der Waals surface area contributed by atoms with Gasteiger partial charge in [0.15, 0.2) is 0 Å². The van der Waals surface area contributed by atoms with Gasteiger partial charge in [-0.05, 0) is 20.3 Å². The van der Waals surface area contributed by atoms with Crippen LogP contribution in [0, 0.1) is 5.92 Å². The Balaban J connectivity index is 0.000000567. The molecule has 2 N–H and O–H groups in total. The summed E-state index contributed by atoms with van der Waals surface area (Å²) in [6, 6.07) is 0. The Morgan fingerprint density at radius 2 is 1.50 bits per heavy atom. The molecule has 10 heteroatoms. The molecule has 152 valence electrons. The monoisotopic (exact) mass is 396 g/mol. The van der Waals surface area contributed by atoms with Gasteiger partial charge in [0.05, 0.1) is 12.3 Å². The highest BCUT2D eigenvalue weighted by atomic mass is 16.6. The molecule has 0 aromatic carbocycles. The van der Waals surface area contributed by atoms with Gasteiger partial charge in [-0.2, -0.15) is 0 Å². The normalized spacial score (nSPS) is 16.9. The first kappa shape index (κ1) is 24.4. The van der Waals surface area contributed by atoms with Crippen molar-refractivity contribution in [2.75, 3.05) is 0 Å². The number of carbonyl (C=O) groups is 6. The van der Waals surface area contributed by atoms with Gasteiger partial charge in [-0.1, -0.05) is 19.1 Å². The third kappa shape index (κ3) is 9.80. The average Bonchev–Trinajstić information content (AvgIpc) is 2.89. The molecule has 28 heavy (non-hydrogen) atoms. The summed E-state index contributed by atoms with van der Waals surface area (Å²) in [6.45, 7) is 4.28. The van der Waals surface area contributed by atoms with E-state index in [1.807, 2.05) is 13.0 Å². The van der Waals surface area contributed by atoms with Crippen molar-refractivity contribution < 1.29 is 48.5 Å². The van der Waals surface area contributed by atoms with Crippen molar-refractivity contribution in [1.29, 1.82) is 0 Å². The van der Waals surface area contributed by atoms with Crippen LogP contribution >= 0.6 is 0 Å². The van der Waals surface area contributed by atoms with E-state index in [0.717, 1.165) is 20.3 Å². The van der Waals surface area contributed by atoms with Gasteiger partial charge in [-0.3, -0.25) is 9.59 Å². The topological polar surface area (TPSA) is 161 Å². The summed E-state index contributed by atoms with van der Waals surface area (Å²) < 4.78 is 8.58. The first-order valence-corrected chi connectivity index (χ1v) is 7.98. The van der Waals surface area contributed by atoms with Gasteiger partial charge < -0.3 is 19.7 Å². The molecule has 0 aromatic heterocycles. The van der Waals surface area contributed by atoms with Crippen LogP contribution in [0.3, 0.4) is 0 Å². The number of esters is 4. The zero-order chi connectivity index (χ0) is 21.9. The van der Waals surface area contributed by atoms with Crippen LogP contribution in [0.5, 0.6) is 0 Å². The van der Waals surface area contributed by atoms with Crippen LogP contribution in [0.4, 0.5) is 0 Å². The lowest BCUT2D eigenvalue weighted by Crippen LogP contribution is -2.15. The summed E-state index contributed by atoms with van der Waals surface area (Å²) in [7, 11) is 0. The number of ether oxygens (including phenoxy) is 2. The minimum Gasteiger partial charge on any atom is -0.478 e. The molecule has 0 radical (unpaired) electrons. The van der Waals surface area contributed by atoms with Crippen LogP contribution in [0.1, 0.15) is 33.6 Å². The minimum absolute atomic E-state index is 0.204. The van der Waals surface area contributed by atoms with Crippen LogP contribution in [-0.4, -0.2) is 46.0 Å². The van der Waals surface area contributed by atoms with Gasteiger partial charge in [0, 0.05) is 23.3 Å². The molecule has 1 aliphatic rings. The molecule has 0 aromatic rings. The second kappa shape index (κ2) is 11.9. The van der Waals surface area contributed by atoms with Crippen molar-refractivity contribution in [3.05, 3.63) is 35.5 Å². The number of hydrogen-bond donors (Lipinski definition) is 2. The van der Waals surface area contributed by atoms with E-state index in [1.54, 1.807) is 6.08 Å². The maximum absolute atomic E-state index is 11.1. The van der Waals surface area contributed by atoms with Crippen molar-refractivity contribution in [1.82, 2.24) is 0 Å². The Bertz CT molecular complexity index is 714. The molecule has 0 saturated carbocycles. The van der Waals surface area contributed by atoms with Crippen LogP contribution in [0.2, 0.25) is 0 Å². The van der Waals surface area contributed by atoms with E-state index in [1.165, 1.54) is 0 Å². The van der Waals surface area contributed by atoms with E-state index in [4.69, 9.17) is 10.2 Å². The van der Waals surface area contributed by atoms with E-state index >= 15 is 0 Å². The molecule has 0 amide bonds. The van der Waals surface area contributed by atoms with Crippen molar-refractivity contribution in [2.24, 2.45) is 5.92 Å². The van der Waals surface area contributed by atoms with Gasteiger partial charge >= 0.3 is 35.8 Å². The molecule has 1 aliphatic heterocycles. The molecule has 10 nitrogen and oxygen atoms in total. The lowest BCUT2D eigenvalue weighted by Gasteiger charge is -2.01. The fraction of sp³-hybridized carbons (Fsp3) is 0.333. The predicted molar refractivity (Wildman–Crippen MR) is 92.5 cm³/mol. The second-order valence-corrected chi connectivity index (χ2v) is 5.45. The molecule has 0 aliphatic carbocycles. The Hall–Kier alpha value is -3.56. The molecule has 1 saturated heterocycles. The number of cyclic esters (lactones) is 2. The highest BCUT2D eigenvalue weighted by Crippen LogP contribution is 2.16. The zero-order valence-corrected chi connectivity index (χ0v) is 15.5. The molecule has 1 heterocycles. The number of carboxylic acid groups (broad SMARTS) is 2. The lowest BCUT2D eigenvalue weighted by molar-refractivity contribution is -0.155. The van der Waals surface area contributed by atoms with Crippen molar-refractivity contribution >= 4 is 35.8 Å². The van der Waals surface area contributed by atoms with Crippen LogP contribution in [0.15, 0.2) is 35.5 Å². The Kier molecular flexibility index (Phi) is 10.4. The third-order valence-corrected chi connectivity index (χ3v) is 3.02. The number of allylic oxidation sites excluding steroid dienone is 1. The standard InChI is InChI=1S/C10H10O7.C8H10O3/c1-5(3-7(11)12)9(15)17-10(16)6(2)4-8(13)14;1-2-3-4-6-5-7(9)11-8(6)10/h3-4H,1-2H3,(H,11,12)(H,13,14);3-4,6H,2,5H2,1H3/b5-3-,6-4-;4-3+. The van der Waals surface area contributed by atoms with Crippen LogP contribution in [-0.2, 0) is 38.2 Å². The molecule has 0 spiro atoms. The number of carboxylic acids is 2. The van der Waals surface area contributed by atoms with Crippen LogP contribution < -0.4 is 0 Å². The quantitative estimate of drug-likeness (QED) is 0.288. The highest BCUT2D eigenvalue weighted by Gasteiger charge is 2.30. The third-order valence-electron chi connectivity index (χ3n) is 3.02. The maximum atomic E-state index is 11.1. The van der Waals surface area contributed by atoms with Crippen molar-refractivity contribution in [2.45, 2.75) is 33.6 Å². The molecule has 1 fully saturated rings. The van der Waals surface area contributed by atoms with E-state index in [0.29, 0.717) is 12.2 Å². The van der Waals surface area contributed by atoms with Gasteiger partial charge in [0.25, 0.3) is 0 Å². The fourth-order valence-electron chi connectivity index (χ4n) is 1.67. The van der Waals surface area contributed by atoms with Gasteiger partial charge in [-0.25, -0.2) is 19.2 Å². The minimum atomic E-state index is -1.36. The van der Waals surface area contributed by atoms with Crippen molar-refractivity contribution in [3.8, 4) is 0 Å². The molecular formula is C18H20O10. The Morgan fingerprint density at radius 3 is 1.82 bits per heavy atom. The summed E-state index contributed by atoms with van der Waals surface area (Å²) in [6.07, 6.45) is 5.82. The number of rotatable bonds is 6. The van der Waals surface area contributed by atoms with E-state index < -0.39 is 35.8 Å².